The van der Waals surface area contributed by atoms with Crippen LogP contribution in [0.15, 0.2) is 18.3 Å². The van der Waals surface area contributed by atoms with E-state index in [0.717, 1.165) is 11.9 Å². The Kier molecular flexibility index (Phi) is 4.43. The van der Waals surface area contributed by atoms with E-state index < -0.39 is 7.26 Å². The molecule has 1 heterocycles. The predicted octanol–water partition coefficient (Wildman–Crippen LogP) is 2.67. The molecule has 0 aliphatic rings. The summed E-state index contributed by atoms with van der Waals surface area (Å²) in [6, 6.07) is 3.56. The number of aromatic nitrogens is 1. The van der Waals surface area contributed by atoms with E-state index >= 15 is 0 Å². The zero-order valence-corrected chi connectivity index (χ0v) is 11.3. The number of hydrogen-bond donors (Lipinski definition) is 0. The van der Waals surface area contributed by atoms with Crippen molar-refractivity contribution in [3.8, 4) is 0 Å². The molecule has 1 rings (SSSR count). The van der Waals surface area contributed by atoms with Gasteiger partial charge >= 0.3 is 5.97 Å². The number of carbonyl (C=O) groups is 1. The van der Waals surface area contributed by atoms with Crippen molar-refractivity contribution in [1.82, 2.24) is 4.98 Å². The summed E-state index contributed by atoms with van der Waals surface area (Å²) in [6.45, 7) is 8.91. The van der Waals surface area contributed by atoms with E-state index in [1.54, 1.807) is 18.3 Å². The normalized spacial score (nSPS) is 11.2. The van der Waals surface area contributed by atoms with Crippen molar-refractivity contribution in [2.75, 3.05) is 26.6 Å². The van der Waals surface area contributed by atoms with Crippen LogP contribution in [0.25, 0.3) is 0 Å². The lowest BCUT2D eigenvalue weighted by molar-refractivity contribution is 0.0525. The molecule has 0 radical (unpaired) electrons. The average molecular weight is 240 g/mol. The quantitative estimate of drug-likeness (QED) is 0.600. The van der Waals surface area contributed by atoms with Crippen molar-refractivity contribution in [3.05, 3.63) is 29.6 Å². The van der Waals surface area contributed by atoms with Crippen molar-refractivity contribution in [2.24, 2.45) is 0 Å². The molecule has 0 aliphatic heterocycles. The molecule has 0 bridgehead atoms. The summed E-state index contributed by atoms with van der Waals surface area (Å²) in [7, 11) is -0.993. The molecule has 4 heteroatoms. The van der Waals surface area contributed by atoms with Gasteiger partial charge in [0.2, 0.25) is 0 Å². The summed E-state index contributed by atoms with van der Waals surface area (Å²) in [5, 5.41) is 0. The summed E-state index contributed by atoms with van der Waals surface area (Å²) in [4.78, 5) is 16.0. The number of ether oxygens (including phenoxy) is 1. The second-order valence-corrected chi connectivity index (χ2v) is 9.56. The summed E-state index contributed by atoms with van der Waals surface area (Å²) in [6.07, 6.45) is 2.61. The first-order valence-corrected chi connectivity index (χ1v) is 8.67. The SMILES string of the molecule is CCOC(=O)c1cccnc1C[P+](C)(C)C. The summed E-state index contributed by atoms with van der Waals surface area (Å²) < 4.78 is 5.02. The molecule has 16 heavy (non-hydrogen) atoms. The third kappa shape index (κ3) is 3.90. The zero-order chi connectivity index (χ0) is 12.2. The smallest absolute Gasteiger partial charge is 0.340 e. The highest BCUT2D eigenvalue weighted by molar-refractivity contribution is 7.72. The number of carbonyl (C=O) groups excluding carboxylic acids is 1. The minimum absolute atomic E-state index is 0.265. The van der Waals surface area contributed by atoms with E-state index in [2.05, 4.69) is 25.0 Å². The maximum absolute atomic E-state index is 11.7. The first kappa shape index (κ1) is 13.1. The molecule has 0 aromatic carbocycles. The molecule has 1 aromatic rings. The number of hydrogen-bond acceptors (Lipinski definition) is 3. The Morgan fingerprint density at radius 2 is 2.12 bits per heavy atom. The second kappa shape index (κ2) is 5.40. The maximum atomic E-state index is 11.7. The number of rotatable bonds is 4. The van der Waals surface area contributed by atoms with E-state index in [1.807, 2.05) is 6.92 Å². The van der Waals surface area contributed by atoms with Gasteiger partial charge in [0.05, 0.1) is 17.9 Å². The van der Waals surface area contributed by atoms with Gasteiger partial charge in [0.1, 0.15) is 6.16 Å². The fourth-order valence-corrected chi connectivity index (χ4v) is 2.56. The van der Waals surface area contributed by atoms with Gasteiger partial charge in [0, 0.05) is 33.5 Å². The van der Waals surface area contributed by atoms with Crippen LogP contribution in [0, 0.1) is 0 Å². The van der Waals surface area contributed by atoms with Crippen molar-refractivity contribution in [2.45, 2.75) is 13.1 Å². The van der Waals surface area contributed by atoms with Crippen molar-refractivity contribution in [3.63, 3.8) is 0 Å². The molecule has 1 aromatic heterocycles. The Morgan fingerprint density at radius 1 is 1.44 bits per heavy atom. The van der Waals surface area contributed by atoms with Gasteiger partial charge in [-0.1, -0.05) is 0 Å². The van der Waals surface area contributed by atoms with Crippen LogP contribution in [-0.4, -0.2) is 37.6 Å². The molecule has 0 atom stereocenters. The van der Waals surface area contributed by atoms with E-state index in [4.69, 9.17) is 4.74 Å². The third-order valence-corrected chi connectivity index (χ3v) is 3.26. The highest BCUT2D eigenvalue weighted by Gasteiger charge is 2.23. The molecule has 0 spiro atoms. The topological polar surface area (TPSA) is 39.2 Å². The van der Waals surface area contributed by atoms with Gasteiger partial charge in [0.25, 0.3) is 0 Å². The standard InChI is InChI=1S/C12H19NO2P/c1-5-15-12(14)10-7-6-8-13-11(10)9-16(2,3)4/h6-8H,5,9H2,1-4H3/q+1. The molecular weight excluding hydrogens is 221 g/mol. The molecule has 0 amide bonds. The first-order valence-electron chi connectivity index (χ1n) is 5.35. The van der Waals surface area contributed by atoms with Gasteiger partial charge in [0.15, 0.2) is 0 Å². The Hall–Kier alpha value is -0.950. The monoisotopic (exact) mass is 240 g/mol. The third-order valence-electron chi connectivity index (χ3n) is 2.01. The van der Waals surface area contributed by atoms with Gasteiger partial charge in [-0.15, -0.1) is 0 Å². The summed E-state index contributed by atoms with van der Waals surface area (Å²) in [5.74, 6) is -0.265. The van der Waals surface area contributed by atoms with Gasteiger partial charge in [-0.3, -0.25) is 4.98 Å². The molecule has 0 unspecified atom stereocenters. The fourth-order valence-electron chi connectivity index (χ4n) is 1.41. The lowest BCUT2D eigenvalue weighted by atomic mass is 10.2. The molecule has 3 nitrogen and oxygen atoms in total. The lowest BCUT2D eigenvalue weighted by Gasteiger charge is -2.13. The molecule has 0 N–H and O–H groups in total. The Bertz CT molecular complexity index is 372. The second-order valence-electron chi connectivity index (χ2n) is 4.67. The summed E-state index contributed by atoms with van der Waals surface area (Å²) >= 11 is 0. The van der Waals surface area contributed by atoms with Crippen LogP contribution < -0.4 is 0 Å². The van der Waals surface area contributed by atoms with E-state index in [0.29, 0.717) is 12.2 Å². The zero-order valence-electron chi connectivity index (χ0n) is 10.4. The highest BCUT2D eigenvalue weighted by atomic mass is 31.2. The number of esters is 1. The van der Waals surface area contributed by atoms with Crippen LogP contribution in [0.1, 0.15) is 23.0 Å². The largest absolute Gasteiger partial charge is 0.462 e. The summed E-state index contributed by atoms with van der Waals surface area (Å²) in [5.41, 5.74) is 1.47. The van der Waals surface area contributed by atoms with E-state index in [1.165, 1.54) is 0 Å². The van der Waals surface area contributed by atoms with Crippen molar-refractivity contribution >= 4 is 13.2 Å². The lowest BCUT2D eigenvalue weighted by Crippen LogP contribution is -2.10. The fraction of sp³-hybridized carbons (Fsp3) is 0.500. The molecule has 0 fully saturated rings. The Labute approximate surface area is 97.6 Å². The molecule has 88 valence electrons. The van der Waals surface area contributed by atoms with Gasteiger partial charge in [-0.25, -0.2) is 4.79 Å². The average Bonchev–Trinajstić information content (AvgIpc) is 2.16. The van der Waals surface area contributed by atoms with Crippen molar-refractivity contribution < 1.29 is 9.53 Å². The maximum Gasteiger partial charge on any atom is 0.340 e. The van der Waals surface area contributed by atoms with E-state index in [9.17, 15) is 4.79 Å². The van der Waals surface area contributed by atoms with E-state index in [-0.39, 0.29) is 5.97 Å². The first-order chi connectivity index (χ1) is 7.44. The van der Waals surface area contributed by atoms with Crippen LogP contribution in [0.3, 0.4) is 0 Å². The molecular formula is C12H19NO2P+. The van der Waals surface area contributed by atoms with Crippen LogP contribution in [0.2, 0.25) is 0 Å². The highest BCUT2D eigenvalue weighted by Crippen LogP contribution is 2.50. The van der Waals surface area contributed by atoms with Gasteiger partial charge in [-0.05, 0) is 19.1 Å². The van der Waals surface area contributed by atoms with Gasteiger partial charge in [-0.2, -0.15) is 0 Å². The minimum Gasteiger partial charge on any atom is -0.462 e. The Morgan fingerprint density at radius 3 is 2.69 bits per heavy atom. The van der Waals surface area contributed by atoms with Crippen LogP contribution in [0.4, 0.5) is 0 Å². The van der Waals surface area contributed by atoms with Gasteiger partial charge < -0.3 is 4.74 Å². The Balaban J connectivity index is 2.96. The van der Waals surface area contributed by atoms with Crippen LogP contribution in [-0.2, 0) is 10.9 Å². The minimum atomic E-state index is -0.993. The van der Waals surface area contributed by atoms with Crippen molar-refractivity contribution in [1.29, 1.82) is 0 Å². The molecule has 0 aliphatic carbocycles. The predicted molar refractivity (Wildman–Crippen MR) is 68.6 cm³/mol. The van der Waals surface area contributed by atoms with Crippen LogP contribution in [0.5, 0.6) is 0 Å². The number of pyridine rings is 1. The molecule has 0 saturated carbocycles. The number of nitrogens with zero attached hydrogens (tertiary/aromatic N) is 1. The van der Waals surface area contributed by atoms with Crippen LogP contribution >= 0.6 is 7.26 Å². The molecule has 0 saturated heterocycles.